The van der Waals surface area contributed by atoms with Crippen molar-refractivity contribution < 1.29 is 31.8 Å². The summed E-state index contributed by atoms with van der Waals surface area (Å²) < 4.78 is 62.5. The molecule has 4 rings (SSSR count). The number of H-pyrrole nitrogens is 1. The van der Waals surface area contributed by atoms with Crippen LogP contribution >= 0.6 is 11.6 Å². The Labute approximate surface area is 216 Å². The number of anilines is 1. The van der Waals surface area contributed by atoms with E-state index in [9.17, 15) is 22.3 Å². The number of alkyl halides is 2. The van der Waals surface area contributed by atoms with E-state index >= 15 is 0 Å². The number of fused-ring (bicyclic) bond motifs is 1. The van der Waals surface area contributed by atoms with Crippen molar-refractivity contribution in [2.75, 3.05) is 24.4 Å². The number of aromatic nitrogens is 2. The second kappa shape index (κ2) is 11.7. The first-order valence-corrected chi connectivity index (χ1v) is 12.9. The highest BCUT2D eigenvalue weighted by Crippen LogP contribution is 2.32. The van der Waals surface area contributed by atoms with Crippen LogP contribution in [0.25, 0.3) is 10.9 Å². The van der Waals surface area contributed by atoms with Crippen molar-refractivity contribution >= 4 is 38.2 Å². The molecule has 0 bridgehead atoms. The zero-order valence-corrected chi connectivity index (χ0v) is 20.8. The van der Waals surface area contributed by atoms with Crippen LogP contribution in [0.4, 0.5) is 14.5 Å². The molecule has 0 amide bonds. The van der Waals surface area contributed by atoms with Gasteiger partial charge in [0.15, 0.2) is 0 Å². The van der Waals surface area contributed by atoms with E-state index in [0.717, 1.165) is 0 Å². The van der Waals surface area contributed by atoms with Gasteiger partial charge in [0.1, 0.15) is 12.4 Å². The molecule has 1 aromatic heterocycles. The molecule has 196 valence electrons. The Balaban J connectivity index is 1.29. The van der Waals surface area contributed by atoms with E-state index in [4.69, 9.17) is 16.3 Å². The summed E-state index contributed by atoms with van der Waals surface area (Å²) in [5, 5.41) is 20.5. The van der Waals surface area contributed by atoms with Crippen LogP contribution in [-0.2, 0) is 10.0 Å². The van der Waals surface area contributed by atoms with Gasteiger partial charge in [0, 0.05) is 24.7 Å². The number of nitrogens with zero attached hydrogens (tertiary/aromatic N) is 1. The molecular formula is C24H23ClF2N4O5S. The van der Waals surface area contributed by atoms with Crippen molar-refractivity contribution in [3.63, 3.8) is 0 Å². The molecule has 0 saturated carbocycles. The van der Waals surface area contributed by atoms with Gasteiger partial charge in [0.25, 0.3) is 10.0 Å². The molecule has 4 N–H and O–H groups in total. The number of sulfonamides is 1. The number of ether oxygens (including phenoxy) is 2. The molecule has 0 aliphatic carbocycles. The second-order valence-electron chi connectivity index (χ2n) is 7.81. The van der Waals surface area contributed by atoms with Gasteiger partial charge in [-0.2, -0.15) is 8.78 Å². The minimum absolute atomic E-state index is 0.0901. The first-order chi connectivity index (χ1) is 17.7. The largest absolute Gasteiger partial charge is 0.492 e. The molecule has 37 heavy (non-hydrogen) atoms. The Kier molecular flexibility index (Phi) is 8.44. The maximum Gasteiger partial charge on any atom is 0.388 e. The molecule has 13 heteroatoms. The van der Waals surface area contributed by atoms with E-state index in [1.165, 1.54) is 18.2 Å². The first kappa shape index (κ1) is 26.6. The molecule has 1 atom stereocenters. The molecule has 3 aromatic carbocycles. The summed E-state index contributed by atoms with van der Waals surface area (Å²) in [4.78, 5) is 0.0901. The zero-order valence-electron chi connectivity index (χ0n) is 19.2. The number of aliphatic hydroxyl groups is 1. The maximum absolute atomic E-state index is 12.6. The molecule has 0 unspecified atom stereocenters. The van der Waals surface area contributed by atoms with Crippen molar-refractivity contribution in [3.05, 3.63) is 77.3 Å². The molecule has 0 saturated heterocycles. The van der Waals surface area contributed by atoms with E-state index in [2.05, 4.69) is 25.0 Å². The van der Waals surface area contributed by atoms with Crippen LogP contribution in [0.2, 0.25) is 5.02 Å². The van der Waals surface area contributed by atoms with Gasteiger partial charge in [-0.05, 0) is 30.3 Å². The predicted octanol–water partition coefficient (Wildman–Crippen LogP) is 4.32. The number of aromatic amines is 1. The lowest BCUT2D eigenvalue weighted by Gasteiger charge is -2.17. The lowest BCUT2D eigenvalue weighted by molar-refractivity contribution is -0.0518. The van der Waals surface area contributed by atoms with Crippen LogP contribution in [0.1, 0.15) is 11.7 Å². The molecule has 0 aliphatic rings. The average molecular weight is 553 g/mol. The molecular weight excluding hydrogens is 530 g/mol. The fourth-order valence-corrected chi connectivity index (χ4v) is 4.96. The molecule has 0 fully saturated rings. The van der Waals surface area contributed by atoms with Gasteiger partial charge in [0.2, 0.25) is 5.88 Å². The van der Waals surface area contributed by atoms with Crippen molar-refractivity contribution in [2.24, 2.45) is 0 Å². The van der Waals surface area contributed by atoms with E-state index in [-0.39, 0.29) is 34.6 Å². The van der Waals surface area contributed by atoms with Crippen LogP contribution in [0.3, 0.4) is 0 Å². The number of hydrogen-bond acceptors (Lipinski definition) is 7. The van der Waals surface area contributed by atoms with Gasteiger partial charge in [-0.15, -0.1) is 5.10 Å². The van der Waals surface area contributed by atoms with Gasteiger partial charge in [-0.1, -0.05) is 41.9 Å². The molecule has 0 spiro atoms. The molecule has 0 aliphatic heterocycles. The van der Waals surface area contributed by atoms with Crippen molar-refractivity contribution in [2.45, 2.75) is 17.6 Å². The highest BCUT2D eigenvalue weighted by atomic mass is 35.5. The summed E-state index contributed by atoms with van der Waals surface area (Å²) in [6.45, 7) is -2.22. The summed E-state index contributed by atoms with van der Waals surface area (Å²) in [6, 6.07) is 17.4. The summed E-state index contributed by atoms with van der Waals surface area (Å²) >= 11 is 6.40. The number of nitrogens with one attached hydrogen (secondary N) is 3. The quantitative estimate of drug-likeness (QED) is 0.193. The van der Waals surface area contributed by atoms with E-state index in [1.54, 1.807) is 48.5 Å². The molecule has 0 radical (unpaired) electrons. The van der Waals surface area contributed by atoms with Crippen molar-refractivity contribution in [1.29, 1.82) is 0 Å². The SMILES string of the molecule is O=S(=O)(Nc1cccc([C@@H](O)CNCCOc2ccc3c(OC(F)F)n[nH]c3c2)c1Cl)c1ccccc1. The third kappa shape index (κ3) is 6.66. The van der Waals surface area contributed by atoms with Gasteiger partial charge in [-0.3, -0.25) is 9.82 Å². The van der Waals surface area contributed by atoms with Gasteiger partial charge < -0.3 is 19.9 Å². The molecule has 4 aromatic rings. The topological polar surface area (TPSA) is 126 Å². The lowest BCUT2D eigenvalue weighted by Crippen LogP contribution is -2.26. The fourth-order valence-electron chi connectivity index (χ4n) is 3.52. The second-order valence-corrected chi connectivity index (χ2v) is 9.87. The highest BCUT2D eigenvalue weighted by Gasteiger charge is 2.19. The Bertz CT molecular complexity index is 1450. The third-order valence-corrected chi connectivity index (χ3v) is 7.07. The van der Waals surface area contributed by atoms with Crippen LogP contribution in [0, 0.1) is 0 Å². The van der Waals surface area contributed by atoms with Crippen LogP contribution in [0.15, 0.2) is 71.6 Å². The summed E-state index contributed by atoms with van der Waals surface area (Å²) in [5.74, 6) is 0.298. The Hall–Kier alpha value is -3.45. The van der Waals surface area contributed by atoms with Crippen molar-refractivity contribution in [3.8, 4) is 11.6 Å². The normalized spacial score (nSPS) is 12.6. The number of benzene rings is 3. The maximum atomic E-state index is 12.6. The third-order valence-electron chi connectivity index (χ3n) is 5.27. The number of halogens is 3. The Morgan fingerprint density at radius 3 is 2.62 bits per heavy atom. The molecule has 1 heterocycles. The zero-order chi connectivity index (χ0) is 26.4. The summed E-state index contributed by atoms with van der Waals surface area (Å²) in [6.07, 6.45) is -1.01. The van der Waals surface area contributed by atoms with Gasteiger partial charge >= 0.3 is 6.61 Å². The minimum Gasteiger partial charge on any atom is -0.492 e. The van der Waals surface area contributed by atoms with Gasteiger partial charge in [-0.25, -0.2) is 8.42 Å². The Morgan fingerprint density at radius 2 is 1.86 bits per heavy atom. The average Bonchev–Trinajstić information content (AvgIpc) is 3.26. The van der Waals surface area contributed by atoms with Crippen LogP contribution in [0.5, 0.6) is 11.6 Å². The Morgan fingerprint density at radius 1 is 1.08 bits per heavy atom. The summed E-state index contributed by atoms with van der Waals surface area (Å²) in [7, 11) is -3.84. The monoisotopic (exact) mass is 552 g/mol. The number of hydrogen-bond donors (Lipinski definition) is 4. The smallest absolute Gasteiger partial charge is 0.388 e. The number of rotatable bonds is 12. The fraction of sp³-hybridized carbons (Fsp3) is 0.208. The summed E-state index contributed by atoms with van der Waals surface area (Å²) in [5.41, 5.74) is 0.991. The van der Waals surface area contributed by atoms with E-state index < -0.39 is 22.7 Å². The highest BCUT2D eigenvalue weighted by molar-refractivity contribution is 7.92. The van der Waals surface area contributed by atoms with E-state index in [1.807, 2.05) is 0 Å². The number of aliphatic hydroxyl groups excluding tert-OH is 1. The predicted molar refractivity (Wildman–Crippen MR) is 135 cm³/mol. The lowest BCUT2D eigenvalue weighted by atomic mass is 10.1. The van der Waals surface area contributed by atoms with Crippen LogP contribution < -0.4 is 19.5 Å². The first-order valence-electron chi connectivity index (χ1n) is 11.1. The van der Waals surface area contributed by atoms with Crippen molar-refractivity contribution in [1.82, 2.24) is 15.5 Å². The van der Waals surface area contributed by atoms with Gasteiger partial charge in [0.05, 0.1) is 32.6 Å². The van der Waals surface area contributed by atoms with Crippen LogP contribution in [-0.4, -0.2) is 50.0 Å². The standard InChI is InChI=1S/C24H23ClF2N4O5S/c25-22-18(7-4-8-19(22)31-37(33,34)16-5-2-1-3-6-16)21(32)14-28-11-12-35-15-9-10-17-20(13-15)29-30-23(17)36-24(26)27/h1-10,13,21,24,28,31-32H,11-12,14H2,(H,29,30)/t21-/m0/s1. The minimum atomic E-state index is -3.84. The van der Waals surface area contributed by atoms with E-state index in [0.29, 0.717) is 28.8 Å². The molecule has 9 nitrogen and oxygen atoms in total.